The smallest absolute Gasteiger partial charge is 0.328 e. The van der Waals surface area contributed by atoms with Crippen molar-refractivity contribution in [2.24, 2.45) is 0 Å². The van der Waals surface area contributed by atoms with Gasteiger partial charge in [0.25, 0.3) is 5.69 Å². The van der Waals surface area contributed by atoms with Gasteiger partial charge in [0, 0.05) is 23.9 Å². The maximum absolute atomic E-state index is 10.7. The van der Waals surface area contributed by atoms with Crippen LogP contribution in [0.25, 0.3) is 6.08 Å². The summed E-state index contributed by atoms with van der Waals surface area (Å²) in [5.41, 5.74) is 0.345. The molecule has 1 aromatic carbocycles. The molecule has 7 heteroatoms. The van der Waals surface area contributed by atoms with Crippen LogP contribution in [0.3, 0.4) is 0 Å². The number of carbonyl (C=O) groups is 1. The van der Waals surface area contributed by atoms with Crippen molar-refractivity contribution in [3.05, 3.63) is 64.3 Å². The molecule has 0 bridgehead atoms. The van der Waals surface area contributed by atoms with Gasteiger partial charge in [-0.3, -0.25) is 10.1 Å². The highest BCUT2D eigenvalue weighted by atomic mass is 16.6. The summed E-state index contributed by atoms with van der Waals surface area (Å²) in [7, 11) is 0. The normalized spacial score (nSPS) is 10.5. The fourth-order valence-corrected chi connectivity index (χ4v) is 1.55. The van der Waals surface area contributed by atoms with Crippen LogP contribution in [0, 0.1) is 10.1 Å². The molecule has 21 heavy (non-hydrogen) atoms. The van der Waals surface area contributed by atoms with E-state index in [1.54, 1.807) is 18.2 Å². The first-order valence-electron chi connectivity index (χ1n) is 5.84. The van der Waals surface area contributed by atoms with Crippen molar-refractivity contribution in [3.8, 4) is 11.6 Å². The highest BCUT2D eigenvalue weighted by molar-refractivity contribution is 5.85. The molecule has 1 N–H and O–H groups in total. The predicted molar refractivity (Wildman–Crippen MR) is 74.1 cm³/mol. The molecule has 0 aliphatic heterocycles. The largest absolute Gasteiger partial charge is 0.478 e. The third-order valence-corrected chi connectivity index (χ3v) is 2.45. The van der Waals surface area contributed by atoms with Crippen molar-refractivity contribution in [1.82, 2.24) is 4.98 Å². The van der Waals surface area contributed by atoms with Gasteiger partial charge in [0.1, 0.15) is 5.75 Å². The third-order valence-electron chi connectivity index (χ3n) is 2.45. The summed E-state index contributed by atoms with van der Waals surface area (Å²) in [6, 6.07) is 8.90. The van der Waals surface area contributed by atoms with E-state index in [1.807, 2.05) is 0 Å². The Balaban J connectivity index is 2.29. The molecule has 2 aromatic rings. The van der Waals surface area contributed by atoms with Gasteiger partial charge in [-0.05, 0) is 24.3 Å². The SMILES string of the molecule is O=C(O)/C=C/c1cccnc1Oc1cccc([N+](=O)[O-])c1. The number of aromatic nitrogens is 1. The molecule has 0 saturated carbocycles. The molecule has 106 valence electrons. The van der Waals surface area contributed by atoms with E-state index in [9.17, 15) is 14.9 Å². The van der Waals surface area contributed by atoms with Gasteiger partial charge in [-0.2, -0.15) is 0 Å². The molecule has 1 heterocycles. The van der Waals surface area contributed by atoms with Crippen LogP contribution in [0.1, 0.15) is 5.56 Å². The zero-order valence-corrected chi connectivity index (χ0v) is 10.7. The van der Waals surface area contributed by atoms with Crippen LogP contribution in [0.15, 0.2) is 48.7 Å². The zero-order chi connectivity index (χ0) is 15.2. The van der Waals surface area contributed by atoms with Crippen molar-refractivity contribution < 1.29 is 19.6 Å². The topological polar surface area (TPSA) is 103 Å². The van der Waals surface area contributed by atoms with Crippen molar-refractivity contribution in [3.63, 3.8) is 0 Å². The average Bonchev–Trinajstić information content (AvgIpc) is 2.46. The summed E-state index contributed by atoms with van der Waals surface area (Å²) in [5, 5.41) is 19.3. The summed E-state index contributed by atoms with van der Waals surface area (Å²) in [4.78, 5) is 24.7. The van der Waals surface area contributed by atoms with Crippen LogP contribution in [-0.2, 0) is 4.79 Å². The molecule has 0 amide bonds. The number of nitrogens with zero attached hydrogens (tertiary/aromatic N) is 2. The Hall–Kier alpha value is -3.22. The van der Waals surface area contributed by atoms with E-state index in [4.69, 9.17) is 9.84 Å². The first-order chi connectivity index (χ1) is 10.1. The molecule has 0 unspecified atom stereocenters. The fraction of sp³-hybridized carbons (Fsp3) is 0. The number of nitro groups is 1. The molecule has 0 saturated heterocycles. The molecule has 1 aromatic heterocycles. The number of aliphatic carboxylic acids is 1. The number of pyridine rings is 1. The van der Waals surface area contributed by atoms with Crippen LogP contribution in [0.5, 0.6) is 11.6 Å². The molecule has 0 atom stereocenters. The van der Waals surface area contributed by atoms with Crippen LogP contribution in [0.2, 0.25) is 0 Å². The second kappa shape index (κ2) is 6.29. The van der Waals surface area contributed by atoms with Gasteiger partial charge >= 0.3 is 5.97 Å². The van der Waals surface area contributed by atoms with Gasteiger partial charge in [0.05, 0.1) is 11.0 Å². The monoisotopic (exact) mass is 286 g/mol. The minimum Gasteiger partial charge on any atom is -0.478 e. The Morgan fingerprint density at radius 3 is 2.86 bits per heavy atom. The zero-order valence-electron chi connectivity index (χ0n) is 10.7. The van der Waals surface area contributed by atoms with Gasteiger partial charge in [0.15, 0.2) is 0 Å². The summed E-state index contributed by atoms with van der Waals surface area (Å²) < 4.78 is 5.47. The lowest BCUT2D eigenvalue weighted by atomic mass is 10.2. The van der Waals surface area contributed by atoms with E-state index in [0.29, 0.717) is 5.56 Å². The van der Waals surface area contributed by atoms with Crippen LogP contribution < -0.4 is 4.74 Å². The molecule has 0 radical (unpaired) electrons. The highest BCUT2D eigenvalue weighted by Crippen LogP contribution is 2.26. The molecule has 0 spiro atoms. The number of carboxylic acid groups (broad SMARTS) is 1. The van der Waals surface area contributed by atoms with Crippen molar-refractivity contribution >= 4 is 17.7 Å². The Bertz CT molecular complexity index is 712. The minimum atomic E-state index is -1.10. The summed E-state index contributed by atoms with van der Waals surface area (Å²) >= 11 is 0. The third kappa shape index (κ3) is 3.87. The van der Waals surface area contributed by atoms with E-state index >= 15 is 0 Å². The number of nitro benzene ring substituents is 1. The summed E-state index contributed by atoms with van der Waals surface area (Å²) in [6.45, 7) is 0. The first kappa shape index (κ1) is 14.2. The van der Waals surface area contributed by atoms with Gasteiger partial charge in [0.2, 0.25) is 5.88 Å². The van der Waals surface area contributed by atoms with E-state index in [0.717, 1.165) is 6.08 Å². The second-order valence-electron chi connectivity index (χ2n) is 3.93. The van der Waals surface area contributed by atoms with E-state index < -0.39 is 10.9 Å². The summed E-state index contributed by atoms with van der Waals surface area (Å²) in [6.07, 6.45) is 3.77. The molecule has 0 aliphatic rings. The maximum atomic E-state index is 10.7. The Morgan fingerprint density at radius 2 is 2.14 bits per heavy atom. The number of ether oxygens (including phenoxy) is 1. The van der Waals surface area contributed by atoms with Crippen LogP contribution in [-0.4, -0.2) is 21.0 Å². The first-order valence-corrected chi connectivity index (χ1v) is 5.84. The average molecular weight is 286 g/mol. The van der Waals surface area contributed by atoms with Crippen molar-refractivity contribution in [2.75, 3.05) is 0 Å². The number of benzene rings is 1. The quantitative estimate of drug-likeness (QED) is 0.515. The van der Waals surface area contributed by atoms with E-state index in [2.05, 4.69) is 4.98 Å². The van der Waals surface area contributed by atoms with Crippen molar-refractivity contribution in [2.45, 2.75) is 0 Å². The lowest BCUT2D eigenvalue weighted by Crippen LogP contribution is -1.93. The molecular weight excluding hydrogens is 276 g/mol. The highest BCUT2D eigenvalue weighted by Gasteiger charge is 2.09. The summed E-state index contributed by atoms with van der Waals surface area (Å²) in [5.74, 6) is -0.691. The minimum absolute atomic E-state index is 0.106. The Labute approximate surface area is 119 Å². The molecule has 0 aliphatic carbocycles. The lowest BCUT2D eigenvalue weighted by molar-refractivity contribution is -0.384. The van der Waals surface area contributed by atoms with Gasteiger partial charge < -0.3 is 9.84 Å². The second-order valence-corrected chi connectivity index (χ2v) is 3.93. The Kier molecular flexibility index (Phi) is 4.25. The molecular formula is C14H10N2O5. The molecule has 7 nitrogen and oxygen atoms in total. The number of carboxylic acids is 1. The number of non-ortho nitro benzene ring substituents is 1. The Morgan fingerprint density at radius 1 is 1.33 bits per heavy atom. The predicted octanol–water partition coefficient (Wildman–Crippen LogP) is 2.88. The number of hydrogen-bond donors (Lipinski definition) is 1. The number of rotatable bonds is 5. The number of hydrogen-bond acceptors (Lipinski definition) is 5. The van der Waals surface area contributed by atoms with Crippen molar-refractivity contribution in [1.29, 1.82) is 0 Å². The standard InChI is InChI=1S/C14H10N2O5/c17-13(18)7-6-10-3-2-8-15-14(10)21-12-5-1-4-11(9-12)16(19)20/h1-9H,(H,17,18)/b7-6+. The van der Waals surface area contributed by atoms with E-state index in [1.165, 1.54) is 30.5 Å². The van der Waals surface area contributed by atoms with Gasteiger partial charge in [-0.15, -0.1) is 0 Å². The van der Waals surface area contributed by atoms with E-state index in [-0.39, 0.29) is 17.3 Å². The lowest BCUT2D eigenvalue weighted by Gasteiger charge is -2.07. The van der Waals surface area contributed by atoms with Crippen LogP contribution in [0.4, 0.5) is 5.69 Å². The maximum Gasteiger partial charge on any atom is 0.328 e. The van der Waals surface area contributed by atoms with Crippen LogP contribution >= 0.6 is 0 Å². The molecule has 2 rings (SSSR count). The van der Waals surface area contributed by atoms with Gasteiger partial charge in [-0.1, -0.05) is 6.07 Å². The van der Waals surface area contributed by atoms with Gasteiger partial charge in [-0.25, -0.2) is 9.78 Å². The molecule has 0 fully saturated rings. The fourth-order valence-electron chi connectivity index (χ4n) is 1.55.